The standard InChI is InChI=1S/C21H26N2O3Se/c1-22-19(24)17-15-10-7-13-21(23(15)26-18(17)20(22)25)12-6-5-11-16(21)27-14-8-3-2-4-9-14/h2-4,8-9,15-18H,5-7,10-13H2,1H3/t15-,16?,17+,18-,21+/m1/s1. The van der Waals surface area contributed by atoms with Crippen molar-refractivity contribution in [3.05, 3.63) is 30.3 Å². The van der Waals surface area contributed by atoms with E-state index in [-0.39, 0.29) is 29.3 Å². The van der Waals surface area contributed by atoms with Gasteiger partial charge in [-0.15, -0.1) is 0 Å². The van der Waals surface area contributed by atoms with Crippen molar-refractivity contribution >= 4 is 31.2 Å². The number of likely N-dealkylation sites (N-methyl/N-ethyl adjacent to an activating group) is 1. The maximum atomic E-state index is 12.7. The summed E-state index contributed by atoms with van der Waals surface area (Å²) in [6.07, 6.45) is 7.45. The van der Waals surface area contributed by atoms with E-state index in [9.17, 15) is 9.59 Å². The Morgan fingerprint density at radius 2 is 1.81 bits per heavy atom. The second-order valence-corrected chi connectivity index (χ2v) is 11.0. The van der Waals surface area contributed by atoms with Crippen LogP contribution in [-0.4, -0.2) is 61.5 Å². The summed E-state index contributed by atoms with van der Waals surface area (Å²) in [5.41, 5.74) is 0.000476. The molecule has 0 N–H and O–H groups in total. The average Bonchev–Trinajstić information content (AvgIpc) is 3.18. The van der Waals surface area contributed by atoms with Crippen LogP contribution in [-0.2, 0) is 14.4 Å². The number of amides is 2. The molecule has 2 amide bonds. The molecule has 5 atom stereocenters. The van der Waals surface area contributed by atoms with Gasteiger partial charge in [0.25, 0.3) is 0 Å². The molecule has 3 saturated heterocycles. The van der Waals surface area contributed by atoms with Gasteiger partial charge in [0.15, 0.2) is 0 Å². The van der Waals surface area contributed by atoms with Crippen molar-refractivity contribution in [3.8, 4) is 0 Å². The Bertz CT molecular complexity index is 753. The van der Waals surface area contributed by atoms with E-state index in [1.807, 2.05) is 0 Å². The van der Waals surface area contributed by atoms with Crippen molar-refractivity contribution in [2.24, 2.45) is 5.92 Å². The fourth-order valence-electron chi connectivity index (χ4n) is 5.65. The van der Waals surface area contributed by atoms with Gasteiger partial charge in [0.2, 0.25) is 0 Å². The SMILES string of the molecule is CN1C(=O)[C@H]2[C@H]3CCC[C@]4(CCCCC4[Se]c4ccccc4)N3O[C@H]2C1=O. The van der Waals surface area contributed by atoms with Crippen LogP contribution >= 0.6 is 0 Å². The second-order valence-electron chi connectivity index (χ2n) is 8.34. The summed E-state index contributed by atoms with van der Waals surface area (Å²) in [6, 6.07) is 10.9. The number of piperidine rings is 1. The van der Waals surface area contributed by atoms with E-state index in [4.69, 9.17) is 4.84 Å². The number of rotatable bonds is 2. The molecule has 0 aromatic heterocycles. The minimum absolute atomic E-state index is 0.000476. The molecule has 0 radical (unpaired) electrons. The van der Waals surface area contributed by atoms with Crippen molar-refractivity contribution in [2.75, 3.05) is 7.05 Å². The normalized spacial score (nSPS) is 39.1. The fraction of sp³-hybridized carbons (Fsp3) is 0.619. The first kappa shape index (κ1) is 17.9. The molecule has 1 aromatic carbocycles. The summed E-state index contributed by atoms with van der Waals surface area (Å²) in [5, 5.41) is 2.18. The molecule has 1 aromatic rings. The number of carbonyl (C=O) groups is 2. The van der Waals surface area contributed by atoms with E-state index in [0.29, 0.717) is 19.8 Å². The Morgan fingerprint density at radius 3 is 2.63 bits per heavy atom. The molecular formula is C21H26N2O3Se. The summed E-state index contributed by atoms with van der Waals surface area (Å²) in [4.78, 5) is 33.4. The second kappa shape index (κ2) is 6.70. The molecule has 1 spiro atoms. The summed E-state index contributed by atoms with van der Waals surface area (Å²) in [6.45, 7) is 0. The molecular weight excluding hydrogens is 407 g/mol. The molecule has 3 heterocycles. The summed E-state index contributed by atoms with van der Waals surface area (Å²) >= 11 is 0.370. The molecule has 144 valence electrons. The quantitative estimate of drug-likeness (QED) is 0.528. The van der Waals surface area contributed by atoms with Gasteiger partial charge < -0.3 is 0 Å². The number of hydroxylamine groups is 2. The Balaban J connectivity index is 1.47. The van der Waals surface area contributed by atoms with Crippen molar-refractivity contribution in [2.45, 2.75) is 67.4 Å². The first-order valence-corrected chi connectivity index (χ1v) is 12.0. The maximum absolute atomic E-state index is 12.7. The number of nitrogens with zero attached hydrogens (tertiary/aromatic N) is 2. The van der Waals surface area contributed by atoms with Gasteiger partial charge in [-0.1, -0.05) is 0 Å². The van der Waals surface area contributed by atoms with Crippen LogP contribution in [0.4, 0.5) is 0 Å². The third-order valence-electron chi connectivity index (χ3n) is 6.95. The van der Waals surface area contributed by atoms with Crippen molar-refractivity contribution in [1.82, 2.24) is 9.96 Å². The van der Waals surface area contributed by atoms with Gasteiger partial charge in [0.05, 0.1) is 0 Å². The zero-order chi connectivity index (χ0) is 18.6. The Labute approximate surface area is 166 Å². The van der Waals surface area contributed by atoms with E-state index in [2.05, 4.69) is 35.4 Å². The molecule has 1 saturated carbocycles. The van der Waals surface area contributed by atoms with Gasteiger partial charge in [0, 0.05) is 0 Å². The molecule has 0 bridgehead atoms. The van der Waals surface area contributed by atoms with E-state index >= 15 is 0 Å². The van der Waals surface area contributed by atoms with Crippen LogP contribution in [0, 0.1) is 5.92 Å². The molecule has 5 rings (SSSR count). The van der Waals surface area contributed by atoms with Crippen LogP contribution < -0.4 is 4.46 Å². The Hall–Kier alpha value is -1.20. The van der Waals surface area contributed by atoms with E-state index in [1.54, 1.807) is 7.05 Å². The monoisotopic (exact) mass is 434 g/mol. The molecule has 4 aliphatic rings. The summed E-state index contributed by atoms with van der Waals surface area (Å²) < 4.78 is 1.43. The van der Waals surface area contributed by atoms with Crippen LogP contribution in [0.25, 0.3) is 0 Å². The fourth-order valence-corrected chi connectivity index (χ4v) is 8.77. The minimum atomic E-state index is -0.589. The van der Waals surface area contributed by atoms with Crippen molar-refractivity contribution < 1.29 is 14.4 Å². The zero-order valence-electron chi connectivity index (χ0n) is 15.7. The number of fused-ring (bicyclic) bond motifs is 4. The van der Waals surface area contributed by atoms with Crippen molar-refractivity contribution in [1.29, 1.82) is 0 Å². The van der Waals surface area contributed by atoms with Crippen LogP contribution in [0.2, 0.25) is 4.82 Å². The number of imide groups is 1. The molecule has 3 aliphatic heterocycles. The van der Waals surface area contributed by atoms with Crippen LogP contribution in [0.3, 0.4) is 0 Å². The van der Waals surface area contributed by atoms with E-state index in [0.717, 1.165) is 25.7 Å². The van der Waals surface area contributed by atoms with Crippen molar-refractivity contribution in [3.63, 3.8) is 0 Å². The number of likely N-dealkylation sites (tertiary alicyclic amines) is 1. The number of hydrogen-bond acceptors (Lipinski definition) is 4. The van der Waals surface area contributed by atoms with Gasteiger partial charge in [-0.3, -0.25) is 0 Å². The van der Waals surface area contributed by atoms with Crippen LogP contribution in [0.15, 0.2) is 30.3 Å². The number of hydrogen-bond donors (Lipinski definition) is 0. The van der Waals surface area contributed by atoms with E-state index < -0.39 is 6.10 Å². The first-order valence-electron chi connectivity index (χ1n) is 10.1. The number of benzene rings is 1. The molecule has 1 unspecified atom stereocenters. The molecule has 4 fully saturated rings. The summed E-state index contributed by atoms with van der Waals surface area (Å²) in [7, 11) is 1.59. The Kier molecular flexibility index (Phi) is 4.43. The Morgan fingerprint density at radius 1 is 1.04 bits per heavy atom. The zero-order valence-corrected chi connectivity index (χ0v) is 17.4. The van der Waals surface area contributed by atoms with Gasteiger partial charge in [-0.25, -0.2) is 0 Å². The third kappa shape index (κ3) is 2.65. The number of carbonyl (C=O) groups excluding carboxylic acids is 2. The molecule has 1 aliphatic carbocycles. The average molecular weight is 433 g/mol. The van der Waals surface area contributed by atoms with Gasteiger partial charge in [0.1, 0.15) is 0 Å². The molecule has 27 heavy (non-hydrogen) atoms. The van der Waals surface area contributed by atoms with Gasteiger partial charge in [-0.2, -0.15) is 0 Å². The van der Waals surface area contributed by atoms with E-state index in [1.165, 1.54) is 28.6 Å². The topological polar surface area (TPSA) is 49.9 Å². The molecule has 6 heteroatoms. The first-order chi connectivity index (χ1) is 13.1. The predicted molar refractivity (Wildman–Crippen MR) is 102 cm³/mol. The van der Waals surface area contributed by atoms with Gasteiger partial charge >= 0.3 is 166 Å². The predicted octanol–water partition coefficient (Wildman–Crippen LogP) is 1.90. The third-order valence-corrected chi connectivity index (χ3v) is 10.1. The van der Waals surface area contributed by atoms with Gasteiger partial charge in [-0.05, 0) is 0 Å². The summed E-state index contributed by atoms with van der Waals surface area (Å²) in [5.74, 6) is -0.502. The molecule has 5 nitrogen and oxygen atoms in total. The van der Waals surface area contributed by atoms with Crippen LogP contribution in [0.1, 0.15) is 44.9 Å². The van der Waals surface area contributed by atoms with Crippen LogP contribution in [0.5, 0.6) is 0 Å².